The highest BCUT2D eigenvalue weighted by Crippen LogP contribution is 2.36. The summed E-state index contributed by atoms with van der Waals surface area (Å²) in [6.07, 6.45) is -3.03. The zero-order chi connectivity index (χ0) is 9.99. The molecule has 12 heavy (non-hydrogen) atoms. The first-order chi connectivity index (χ1) is 5.19. The third kappa shape index (κ3) is 3.98. The van der Waals surface area contributed by atoms with E-state index in [1.807, 2.05) is 20.8 Å². The van der Waals surface area contributed by atoms with Gasteiger partial charge in [0.25, 0.3) is 0 Å². The fourth-order valence-corrected chi connectivity index (χ4v) is 1.09. The third-order valence-corrected chi connectivity index (χ3v) is 2.37. The van der Waals surface area contributed by atoms with Gasteiger partial charge >= 0.3 is 6.18 Å². The Morgan fingerprint density at radius 3 is 1.83 bits per heavy atom. The first kappa shape index (κ1) is 11.8. The lowest BCUT2D eigenvalue weighted by Gasteiger charge is -2.27. The summed E-state index contributed by atoms with van der Waals surface area (Å²) < 4.78 is 36.3. The summed E-state index contributed by atoms with van der Waals surface area (Å²) >= 11 is 0. The van der Waals surface area contributed by atoms with Crippen molar-refractivity contribution in [2.75, 3.05) is 0 Å². The Kier molecular flexibility index (Phi) is 3.60. The van der Waals surface area contributed by atoms with Crippen LogP contribution in [0.5, 0.6) is 0 Å². The van der Waals surface area contributed by atoms with E-state index < -0.39 is 12.1 Å². The Labute approximate surface area is 72.2 Å². The van der Waals surface area contributed by atoms with Crippen molar-refractivity contribution in [2.24, 2.45) is 11.3 Å². The lowest BCUT2D eigenvalue weighted by molar-refractivity contribution is -0.177. The molecular formula is C9H17F3. The maximum Gasteiger partial charge on any atom is 0.391 e. The van der Waals surface area contributed by atoms with Crippen LogP contribution >= 0.6 is 0 Å². The van der Waals surface area contributed by atoms with Crippen molar-refractivity contribution in [3.63, 3.8) is 0 Å². The van der Waals surface area contributed by atoms with E-state index in [4.69, 9.17) is 0 Å². The Bertz CT molecular complexity index is 135. The summed E-state index contributed by atoms with van der Waals surface area (Å²) in [6.45, 7) is 6.91. The Morgan fingerprint density at radius 1 is 1.17 bits per heavy atom. The molecule has 0 heterocycles. The van der Waals surface area contributed by atoms with Crippen LogP contribution in [0.15, 0.2) is 0 Å². The SMILES string of the molecule is CCC(C)(C)CC(C)C(F)(F)F. The van der Waals surface area contributed by atoms with Crippen molar-refractivity contribution in [1.82, 2.24) is 0 Å². The van der Waals surface area contributed by atoms with Crippen molar-refractivity contribution in [3.05, 3.63) is 0 Å². The molecule has 0 rings (SSSR count). The average Bonchev–Trinajstić information content (AvgIpc) is 1.85. The second-order valence-corrected chi connectivity index (χ2v) is 4.16. The van der Waals surface area contributed by atoms with E-state index in [1.165, 1.54) is 6.92 Å². The molecule has 74 valence electrons. The largest absolute Gasteiger partial charge is 0.391 e. The molecule has 0 aliphatic carbocycles. The highest BCUT2D eigenvalue weighted by atomic mass is 19.4. The van der Waals surface area contributed by atoms with E-state index in [-0.39, 0.29) is 11.8 Å². The van der Waals surface area contributed by atoms with Crippen molar-refractivity contribution < 1.29 is 13.2 Å². The second kappa shape index (κ2) is 3.67. The molecule has 3 heteroatoms. The molecule has 0 aromatic rings. The Balaban J connectivity index is 4.09. The minimum absolute atomic E-state index is 0.199. The van der Waals surface area contributed by atoms with Gasteiger partial charge in [0.15, 0.2) is 0 Å². The van der Waals surface area contributed by atoms with Gasteiger partial charge in [0.2, 0.25) is 0 Å². The van der Waals surface area contributed by atoms with Crippen molar-refractivity contribution in [2.45, 2.75) is 46.7 Å². The number of hydrogen-bond donors (Lipinski definition) is 0. The molecule has 0 N–H and O–H groups in total. The zero-order valence-electron chi connectivity index (χ0n) is 8.13. The fourth-order valence-electron chi connectivity index (χ4n) is 1.09. The molecule has 0 saturated heterocycles. The fraction of sp³-hybridized carbons (Fsp3) is 1.00. The lowest BCUT2D eigenvalue weighted by atomic mass is 9.81. The maximum atomic E-state index is 12.1. The van der Waals surface area contributed by atoms with Crippen LogP contribution in [0.4, 0.5) is 13.2 Å². The van der Waals surface area contributed by atoms with Crippen LogP contribution in [0.2, 0.25) is 0 Å². The van der Waals surface area contributed by atoms with Gasteiger partial charge in [-0.1, -0.05) is 34.1 Å². The smallest absolute Gasteiger partial charge is 0.171 e. The Morgan fingerprint density at radius 2 is 1.58 bits per heavy atom. The van der Waals surface area contributed by atoms with Gasteiger partial charge in [0.05, 0.1) is 5.92 Å². The Hall–Kier alpha value is -0.210. The number of halogens is 3. The molecule has 0 nitrogen and oxygen atoms in total. The molecule has 0 amide bonds. The van der Waals surface area contributed by atoms with Gasteiger partial charge in [-0.25, -0.2) is 0 Å². The molecule has 0 saturated carbocycles. The maximum absolute atomic E-state index is 12.1. The minimum Gasteiger partial charge on any atom is -0.171 e. The van der Waals surface area contributed by atoms with E-state index >= 15 is 0 Å². The molecule has 0 aromatic heterocycles. The van der Waals surface area contributed by atoms with E-state index in [9.17, 15) is 13.2 Å². The highest BCUT2D eigenvalue weighted by molar-refractivity contribution is 4.73. The van der Waals surface area contributed by atoms with Gasteiger partial charge in [0.1, 0.15) is 0 Å². The monoisotopic (exact) mass is 182 g/mol. The zero-order valence-corrected chi connectivity index (χ0v) is 8.13. The number of hydrogen-bond acceptors (Lipinski definition) is 0. The summed E-state index contributed by atoms with van der Waals surface area (Å²) in [5.41, 5.74) is -0.199. The van der Waals surface area contributed by atoms with E-state index in [1.54, 1.807) is 0 Å². The molecule has 0 aliphatic heterocycles. The summed E-state index contributed by atoms with van der Waals surface area (Å²) in [4.78, 5) is 0. The predicted molar refractivity (Wildman–Crippen MR) is 43.9 cm³/mol. The lowest BCUT2D eigenvalue weighted by Crippen LogP contribution is -2.25. The first-order valence-corrected chi connectivity index (χ1v) is 4.26. The molecule has 1 atom stereocenters. The number of alkyl halides is 3. The third-order valence-electron chi connectivity index (χ3n) is 2.37. The normalized spacial score (nSPS) is 16.2. The molecule has 0 aliphatic rings. The molecule has 0 bridgehead atoms. The summed E-state index contributed by atoms with van der Waals surface area (Å²) in [7, 11) is 0. The topological polar surface area (TPSA) is 0 Å². The van der Waals surface area contributed by atoms with E-state index in [2.05, 4.69) is 0 Å². The molecule has 0 radical (unpaired) electrons. The molecule has 0 spiro atoms. The van der Waals surface area contributed by atoms with Crippen LogP contribution in [-0.2, 0) is 0 Å². The van der Waals surface area contributed by atoms with Crippen LogP contribution < -0.4 is 0 Å². The molecule has 0 fully saturated rings. The van der Waals surface area contributed by atoms with Gasteiger partial charge in [-0.3, -0.25) is 0 Å². The molecular weight excluding hydrogens is 165 g/mol. The minimum atomic E-state index is -4.04. The molecule has 1 unspecified atom stereocenters. The van der Waals surface area contributed by atoms with Gasteiger partial charge in [0, 0.05) is 0 Å². The summed E-state index contributed by atoms with van der Waals surface area (Å²) in [6, 6.07) is 0. The van der Waals surface area contributed by atoms with Crippen LogP contribution in [0.25, 0.3) is 0 Å². The summed E-state index contributed by atoms with van der Waals surface area (Å²) in [5, 5.41) is 0. The summed E-state index contributed by atoms with van der Waals surface area (Å²) in [5.74, 6) is -1.19. The van der Waals surface area contributed by atoms with Crippen LogP contribution in [0.3, 0.4) is 0 Å². The van der Waals surface area contributed by atoms with Crippen LogP contribution in [0.1, 0.15) is 40.5 Å². The van der Waals surface area contributed by atoms with Gasteiger partial charge in [-0.2, -0.15) is 13.2 Å². The quantitative estimate of drug-likeness (QED) is 0.618. The van der Waals surface area contributed by atoms with E-state index in [0.29, 0.717) is 0 Å². The van der Waals surface area contributed by atoms with Gasteiger partial charge < -0.3 is 0 Å². The van der Waals surface area contributed by atoms with Gasteiger partial charge in [-0.05, 0) is 11.8 Å². The first-order valence-electron chi connectivity index (χ1n) is 4.26. The van der Waals surface area contributed by atoms with Crippen LogP contribution in [0, 0.1) is 11.3 Å². The van der Waals surface area contributed by atoms with Crippen molar-refractivity contribution in [3.8, 4) is 0 Å². The average molecular weight is 182 g/mol. The number of rotatable bonds is 3. The van der Waals surface area contributed by atoms with Crippen molar-refractivity contribution >= 4 is 0 Å². The molecule has 0 aromatic carbocycles. The highest BCUT2D eigenvalue weighted by Gasteiger charge is 2.38. The van der Waals surface area contributed by atoms with Crippen molar-refractivity contribution in [1.29, 1.82) is 0 Å². The van der Waals surface area contributed by atoms with Crippen LogP contribution in [-0.4, -0.2) is 6.18 Å². The van der Waals surface area contributed by atoms with E-state index in [0.717, 1.165) is 6.42 Å². The standard InChI is InChI=1S/C9H17F3/c1-5-8(3,4)6-7(2)9(10,11)12/h7H,5-6H2,1-4H3. The second-order valence-electron chi connectivity index (χ2n) is 4.16. The van der Waals surface area contributed by atoms with Gasteiger partial charge in [-0.15, -0.1) is 0 Å². The predicted octanol–water partition coefficient (Wildman–Crippen LogP) is 4.01.